The van der Waals surface area contributed by atoms with Crippen molar-refractivity contribution in [2.24, 2.45) is 7.05 Å². The molecule has 0 fully saturated rings. The standard InChI is InChI=1S/C14H14Cl2N2O/c1-8(2)9-4-6-10(7-5-9)11-12(15)17-13(16)14(19)18(11)3/h4-8H,1-3H3. The van der Waals surface area contributed by atoms with E-state index < -0.39 is 0 Å². The molecule has 1 aromatic carbocycles. The summed E-state index contributed by atoms with van der Waals surface area (Å²) in [5.74, 6) is 0.455. The first-order valence-electron chi connectivity index (χ1n) is 5.94. The van der Waals surface area contributed by atoms with Gasteiger partial charge in [0.1, 0.15) is 0 Å². The molecule has 0 spiro atoms. The highest BCUT2D eigenvalue weighted by molar-refractivity contribution is 6.33. The molecule has 2 aromatic rings. The van der Waals surface area contributed by atoms with Crippen molar-refractivity contribution in [2.45, 2.75) is 19.8 Å². The monoisotopic (exact) mass is 296 g/mol. The molecule has 0 amide bonds. The lowest BCUT2D eigenvalue weighted by atomic mass is 10.0. The van der Waals surface area contributed by atoms with Gasteiger partial charge in [0, 0.05) is 12.6 Å². The summed E-state index contributed by atoms with van der Waals surface area (Å²) in [4.78, 5) is 15.7. The number of benzene rings is 1. The van der Waals surface area contributed by atoms with Gasteiger partial charge in [0.15, 0.2) is 10.3 Å². The first-order chi connectivity index (χ1) is 8.91. The quantitative estimate of drug-likeness (QED) is 0.843. The number of halogens is 2. The highest BCUT2D eigenvalue weighted by atomic mass is 35.5. The van der Waals surface area contributed by atoms with E-state index in [1.807, 2.05) is 24.3 Å². The summed E-state index contributed by atoms with van der Waals surface area (Å²) in [6, 6.07) is 7.92. The summed E-state index contributed by atoms with van der Waals surface area (Å²) in [6.07, 6.45) is 0. The van der Waals surface area contributed by atoms with Gasteiger partial charge in [-0.3, -0.25) is 4.79 Å². The minimum Gasteiger partial charge on any atom is -0.306 e. The van der Waals surface area contributed by atoms with Crippen LogP contribution >= 0.6 is 23.2 Å². The first kappa shape index (κ1) is 14.1. The van der Waals surface area contributed by atoms with Crippen molar-refractivity contribution in [3.05, 3.63) is 50.5 Å². The summed E-state index contributed by atoms with van der Waals surface area (Å²) in [5.41, 5.74) is 2.30. The molecule has 0 aliphatic heterocycles. The second-order valence-electron chi connectivity index (χ2n) is 4.68. The molecule has 0 saturated carbocycles. The third-order valence-electron chi connectivity index (χ3n) is 3.06. The zero-order valence-corrected chi connectivity index (χ0v) is 12.5. The van der Waals surface area contributed by atoms with Crippen LogP contribution in [0.15, 0.2) is 29.1 Å². The van der Waals surface area contributed by atoms with Crippen LogP contribution in [0.5, 0.6) is 0 Å². The van der Waals surface area contributed by atoms with E-state index in [9.17, 15) is 4.79 Å². The SMILES string of the molecule is CC(C)c1ccc(-c2c(Cl)nc(Cl)c(=O)n2C)cc1. The Balaban J connectivity index is 2.59. The lowest BCUT2D eigenvalue weighted by molar-refractivity contribution is 0.849. The Morgan fingerprint density at radius 1 is 1.11 bits per heavy atom. The topological polar surface area (TPSA) is 34.9 Å². The minimum atomic E-state index is -0.353. The number of rotatable bonds is 2. The number of nitrogens with zero attached hydrogens (tertiary/aromatic N) is 2. The van der Waals surface area contributed by atoms with Crippen LogP contribution in [-0.2, 0) is 7.05 Å². The van der Waals surface area contributed by atoms with E-state index in [0.29, 0.717) is 11.6 Å². The Labute approximate surface area is 121 Å². The maximum absolute atomic E-state index is 11.8. The first-order valence-corrected chi connectivity index (χ1v) is 6.69. The van der Waals surface area contributed by atoms with Gasteiger partial charge in [0.05, 0.1) is 5.69 Å². The molecule has 0 bridgehead atoms. The Kier molecular flexibility index (Phi) is 3.97. The fourth-order valence-corrected chi connectivity index (χ4v) is 2.48. The van der Waals surface area contributed by atoms with Gasteiger partial charge in [-0.05, 0) is 11.5 Å². The van der Waals surface area contributed by atoms with Crippen molar-refractivity contribution in [2.75, 3.05) is 0 Å². The lowest BCUT2D eigenvalue weighted by Crippen LogP contribution is -2.20. The highest BCUT2D eigenvalue weighted by Gasteiger charge is 2.13. The molecule has 19 heavy (non-hydrogen) atoms. The Morgan fingerprint density at radius 2 is 1.68 bits per heavy atom. The van der Waals surface area contributed by atoms with Gasteiger partial charge in [-0.25, -0.2) is 4.98 Å². The van der Waals surface area contributed by atoms with E-state index >= 15 is 0 Å². The van der Waals surface area contributed by atoms with Crippen molar-refractivity contribution in [3.8, 4) is 11.3 Å². The van der Waals surface area contributed by atoms with Crippen molar-refractivity contribution in [3.63, 3.8) is 0 Å². The van der Waals surface area contributed by atoms with Crippen molar-refractivity contribution in [1.29, 1.82) is 0 Å². The average Bonchev–Trinajstić information content (AvgIpc) is 2.37. The molecule has 0 radical (unpaired) electrons. The van der Waals surface area contributed by atoms with Crippen molar-refractivity contribution >= 4 is 23.2 Å². The Hall–Kier alpha value is -1.32. The Morgan fingerprint density at radius 3 is 2.21 bits per heavy atom. The van der Waals surface area contributed by atoms with Gasteiger partial charge in [0.25, 0.3) is 5.56 Å². The number of hydrogen-bond acceptors (Lipinski definition) is 2. The maximum Gasteiger partial charge on any atom is 0.288 e. The molecule has 100 valence electrons. The molecule has 2 rings (SSSR count). The van der Waals surface area contributed by atoms with Crippen LogP contribution in [0.1, 0.15) is 25.3 Å². The molecule has 0 aliphatic rings. The average molecular weight is 297 g/mol. The van der Waals surface area contributed by atoms with Crippen LogP contribution in [0.3, 0.4) is 0 Å². The summed E-state index contributed by atoms with van der Waals surface area (Å²) in [6.45, 7) is 4.25. The zero-order chi connectivity index (χ0) is 14.2. The maximum atomic E-state index is 11.8. The second kappa shape index (κ2) is 5.35. The van der Waals surface area contributed by atoms with Gasteiger partial charge in [-0.15, -0.1) is 0 Å². The number of hydrogen-bond donors (Lipinski definition) is 0. The lowest BCUT2D eigenvalue weighted by Gasteiger charge is -2.11. The molecule has 0 atom stereocenters. The van der Waals surface area contributed by atoms with E-state index in [1.165, 1.54) is 10.1 Å². The molecule has 0 N–H and O–H groups in total. The molecule has 0 unspecified atom stereocenters. The molecular formula is C14H14Cl2N2O. The van der Waals surface area contributed by atoms with E-state index in [-0.39, 0.29) is 15.9 Å². The smallest absolute Gasteiger partial charge is 0.288 e. The Bertz CT molecular complexity index is 660. The summed E-state index contributed by atoms with van der Waals surface area (Å²) < 4.78 is 1.42. The molecular weight excluding hydrogens is 283 g/mol. The van der Waals surface area contributed by atoms with E-state index in [4.69, 9.17) is 23.2 Å². The van der Waals surface area contributed by atoms with Crippen LogP contribution in [0.4, 0.5) is 0 Å². The molecule has 0 saturated heterocycles. The zero-order valence-electron chi connectivity index (χ0n) is 10.9. The molecule has 1 heterocycles. The van der Waals surface area contributed by atoms with Crippen molar-refractivity contribution < 1.29 is 0 Å². The second-order valence-corrected chi connectivity index (χ2v) is 5.40. The fraction of sp³-hybridized carbons (Fsp3) is 0.286. The van der Waals surface area contributed by atoms with E-state index in [2.05, 4.69) is 18.8 Å². The van der Waals surface area contributed by atoms with Gasteiger partial charge >= 0.3 is 0 Å². The van der Waals surface area contributed by atoms with Crippen LogP contribution in [0, 0.1) is 0 Å². The largest absolute Gasteiger partial charge is 0.306 e. The van der Waals surface area contributed by atoms with Gasteiger partial charge < -0.3 is 4.57 Å². The summed E-state index contributed by atoms with van der Waals surface area (Å²) >= 11 is 11.8. The summed E-state index contributed by atoms with van der Waals surface area (Å²) in [7, 11) is 1.63. The highest BCUT2D eigenvalue weighted by Crippen LogP contribution is 2.27. The minimum absolute atomic E-state index is 0.116. The van der Waals surface area contributed by atoms with Gasteiger partial charge in [-0.1, -0.05) is 61.3 Å². The van der Waals surface area contributed by atoms with E-state index in [1.54, 1.807) is 7.05 Å². The molecule has 5 heteroatoms. The third-order valence-corrected chi connectivity index (χ3v) is 3.57. The number of aromatic nitrogens is 2. The predicted octanol–water partition coefficient (Wildman–Crippen LogP) is 3.88. The fourth-order valence-electron chi connectivity index (χ4n) is 1.90. The molecule has 3 nitrogen and oxygen atoms in total. The third kappa shape index (κ3) is 2.67. The van der Waals surface area contributed by atoms with Crippen LogP contribution in [-0.4, -0.2) is 9.55 Å². The predicted molar refractivity (Wildman–Crippen MR) is 79.0 cm³/mol. The molecule has 1 aromatic heterocycles. The van der Waals surface area contributed by atoms with E-state index in [0.717, 1.165) is 5.56 Å². The van der Waals surface area contributed by atoms with Gasteiger partial charge in [-0.2, -0.15) is 0 Å². The molecule has 0 aliphatic carbocycles. The van der Waals surface area contributed by atoms with Crippen LogP contribution in [0.2, 0.25) is 10.3 Å². The van der Waals surface area contributed by atoms with Crippen LogP contribution < -0.4 is 5.56 Å². The summed E-state index contributed by atoms with van der Waals surface area (Å²) in [5, 5.41) is 0.111. The van der Waals surface area contributed by atoms with Crippen molar-refractivity contribution in [1.82, 2.24) is 9.55 Å². The normalized spacial score (nSPS) is 11.1. The van der Waals surface area contributed by atoms with Crippen LogP contribution in [0.25, 0.3) is 11.3 Å². The van der Waals surface area contributed by atoms with Gasteiger partial charge in [0.2, 0.25) is 0 Å².